The second kappa shape index (κ2) is 6.17. The van der Waals surface area contributed by atoms with Crippen molar-refractivity contribution >= 4 is 17.7 Å². The van der Waals surface area contributed by atoms with Crippen LogP contribution >= 0.6 is 11.8 Å². The quantitative estimate of drug-likeness (QED) is 0.862. The van der Waals surface area contributed by atoms with Gasteiger partial charge in [-0.2, -0.15) is 13.2 Å². The van der Waals surface area contributed by atoms with E-state index >= 15 is 0 Å². The van der Waals surface area contributed by atoms with Crippen LogP contribution in [0.25, 0.3) is 0 Å². The minimum Gasteiger partial charge on any atom is -0.370 e. The third kappa shape index (κ3) is 4.30. The molecule has 0 radical (unpaired) electrons. The first-order valence-corrected chi connectivity index (χ1v) is 7.50. The highest BCUT2D eigenvalue weighted by Gasteiger charge is 2.30. The van der Waals surface area contributed by atoms with E-state index in [0.29, 0.717) is 18.4 Å². The first kappa shape index (κ1) is 16.0. The predicted octanol–water partition coefficient (Wildman–Crippen LogP) is 3.63. The van der Waals surface area contributed by atoms with Gasteiger partial charge in [0, 0.05) is 11.4 Å². The number of benzene rings is 1. The first-order valence-electron chi connectivity index (χ1n) is 6.68. The topological polar surface area (TPSA) is 41.6 Å². The molecule has 2 N–H and O–H groups in total. The highest BCUT2D eigenvalue weighted by Crippen LogP contribution is 2.37. The van der Waals surface area contributed by atoms with Crippen LogP contribution in [0.4, 0.5) is 13.2 Å². The molecule has 1 aromatic carbocycles. The summed E-state index contributed by atoms with van der Waals surface area (Å²) in [6, 6.07) is 6.45. The number of rotatable bonds is 4. The van der Waals surface area contributed by atoms with Crippen molar-refractivity contribution in [3.05, 3.63) is 29.8 Å². The molecule has 1 unspecified atom stereocenters. The summed E-state index contributed by atoms with van der Waals surface area (Å²) >= 11 is -0.103. The Hall–Kier alpha value is -1.37. The van der Waals surface area contributed by atoms with Crippen molar-refractivity contribution in [2.45, 2.75) is 30.3 Å². The van der Waals surface area contributed by atoms with Gasteiger partial charge in [0.25, 0.3) is 0 Å². The standard InChI is InChI=1S/C14H18F3N3S/c1-9(2)8-20-12(7-19-13(20)18)10-3-5-11(6-4-10)21-14(15,16)17/h3-6,9,12H,7-8H2,1-2H3,(H2,18,19). The molecule has 0 bridgehead atoms. The number of nitrogens with two attached hydrogens (primary N) is 1. The summed E-state index contributed by atoms with van der Waals surface area (Å²) in [5.41, 5.74) is 2.57. The maximum atomic E-state index is 12.3. The van der Waals surface area contributed by atoms with Crippen molar-refractivity contribution < 1.29 is 13.2 Å². The third-order valence-electron chi connectivity index (χ3n) is 3.16. The van der Waals surface area contributed by atoms with Crippen molar-refractivity contribution in [1.82, 2.24) is 4.90 Å². The maximum Gasteiger partial charge on any atom is 0.446 e. The Balaban J connectivity index is 2.11. The molecule has 21 heavy (non-hydrogen) atoms. The minimum atomic E-state index is -4.26. The van der Waals surface area contributed by atoms with Crippen LogP contribution in [0.2, 0.25) is 0 Å². The van der Waals surface area contributed by atoms with Crippen LogP contribution in [0, 0.1) is 5.92 Å². The lowest BCUT2D eigenvalue weighted by molar-refractivity contribution is -0.0328. The Morgan fingerprint density at radius 2 is 1.95 bits per heavy atom. The maximum absolute atomic E-state index is 12.3. The van der Waals surface area contributed by atoms with Gasteiger partial charge in [-0.3, -0.25) is 4.99 Å². The largest absolute Gasteiger partial charge is 0.446 e. The van der Waals surface area contributed by atoms with Gasteiger partial charge in [0.05, 0.1) is 12.6 Å². The molecule has 0 fully saturated rings. The lowest BCUT2D eigenvalue weighted by Crippen LogP contribution is -2.38. The Labute approximate surface area is 126 Å². The van der Waals surface area contributed by atoms with Crippen molar-refractivity contribution in [3.8, 4) is 0 Å². The SMILES string of the molecule is CC(C)CN1C(N)=NCC1c1ccc(SC(F)(F)F)cc1. The molecule has 2 rings (SSSR count). The smallest absolute Gasteiger partial charge is 0.370 e. The number of aliphatic imine (C=N–C) groups is 1. The molecule has 0 spiro atoms. The number of halogens is 3. The molecule has 7 heteroatoms. The number of hydrogen-bond donors (Lipinski definition) is 1. The van der Waals surface area contributed by atoms with E-state index in [1.165, 1.54) is 12.1 Å². The number of thioether (sulfide) groups is 1. The van der Waals surface area contributed by atoms with E-state index in [2.05, 4.69) is 18.8 Å². The zero-order chi connectivity index (χ0) is 15.6. The molecule has 0 aliphatic carbocycles. The van der Waals surface area contributed by atoms with E-state index < -0.39 is 5.51 Å². The third-order valence-corrected chi connectivity index (χ3v) is 3.90. The molecule has 1 heterocycles. The van der Waals surface area contributed by atoms with Gasteiger partial charge in [-0.05, 0) is 35.4 Å². The fourth-order valence-corrected chi connectivity index (χ4v) is 2.86. The fourth-order valence-electron chi connectivity index (χ4n) is 2.32. The molecular formula is C14H18F3N3S. The Morgan fingerprint density at radius 1 is 1.33 bits per heavy atom. The number of hydrogen-bond acceptors (Lipinski definition) is 4. The summed E-state index contributed by atoms with van der Waals surface area (Å²) in [7, 11) is 0. The van der Waals surface area contributed by atoms with Crippen LogP contribution in [0.5, 0.6) is 0 Å². The van der Waals surface area contributed by atoms with Crippen LogP contribution in [0.15, 0.2) is 34.2 Å². The average molecular weight is 317 g/mol. The molecular weight excluding hydrogens is 299 g/mol. The number of guanidine groups is 1. The lowest BCUT2D eigenvalue weighted by atomic mass is 10.1. The zero-order valence-corrected chi connectivity index (χ0v) is 12.7. The van der Waals surface area contributed by atoms with E-state index in [1.807, 2.05) is 4.90 Å². The fraction of sp³-hybridized carbons (Fsp3) is 0.500. The molecule has 0 saturated heterocycles. The van der Waals surface area contributed by atoms with Crippen molar-refractivity contribution in [1.29, 1.82) is 0 Å². The summed E-state index contributed by atoms with van der Waals surface area (Å²) in [6.07, 6.45) is 0. The van der Waals surface area contributed by atoms with Gasteiger partial charge in [0.2, 0.25) is 0 Å². The van der Waals surface area contributed by atoms with Gasteiger partial charge in [0.15, 0.2) is 5.96 Å². The van der Waals surface area contributed by atoms with Gasteiger partial charge >= 0.3 is 5.51 Å². The lowest BCUT2D eigenvalue weighted by Gasteiger charge is -2.28. The van der Waals surface area contributed by atoms with Crippen LogP contribution in [-0.4, -0.2) is 29.5 Å². The summed E-state index contributed by atoms with van der Waals surface area (Å²) in [5, 5.41) is 0. The normalized spacial score (nSPS) is 19.2. The molecule has 116 valence electrons. The second-order valence-electron chi connectivity index (χ2n) is 5.38. The average Bonchev–Trinajstić information content (AvgIpc) is 2.70. The van der Waals surface area contributed by atoms with Crippen molar-refractivity contribution in [2.24, 2.45) is 16.6 Å². The van der Waals surface area contributed by atoms with E-state index in [1.54, 1.807) is 12.1 Å². The number of nitrogens with zero attached hydrogens (tertiary/aromatic N) is 2. The summed E-state index contributed by atoms with van der Waals surface area (Å²) < 4.78 is 37.0. The Bertz CT molecular complexity index is 511. The Morgan fingerprint density at radius 3 is 2.48 bits per heavy atom. The van der Waals surface area contributed by atoms with Crippen LogP contribution in [-0.2, 0) is 0 Å². The molecule has 1 aliphatic heterocycles. The molecule has 0 saturated carbocycles. The van der Waals surface area contributed by atoms with Gasteiger partial charge in [0.1, 0.15) is 0 Å². The van der Waals surface area contributed by atoms with E-state index in [4.69, 9.17) is 5.73 Å². The van der Waals surface area contributed by atoms with Crippen molar-refractivity contribution in [3.63, 3.8) is 0 Å². The summed E-state index contributed by atoms with van der Waals surface area (Å²) in [4.78, 5) is 6.44. The van der Waals surface area contributed by atoms with Gasteiger partial charge < -0.3 is 10.6 Å². The van der Waals surface area contributed by atoms with Gasteiger partial charge in [-0.1, -0.05) is 26.0 Å². The van der Waals surface area contributed by atoms with E-state index in [0.717, 1.165) is 12.1 Å². The van der Waals surface area contributed by atoms with Crippen molar-refractivity contribution in [2.75, 3.05) is 13.1 Å². The van der Waals surface area contributed by atoms with E-state index in [-0.39, 0.29) is 22.7 Å². The molecule has 1 atom stereocenters. The second-order valence-corrected chi connectivity index (χ2v) is 6.52. The zero-order valence-electron chi connectivity index (χ0n) is 11.9. The van der Waals surface area contributed by atoms with Crippen LogP contribution < -0.4 is 5.73 Å². The molecule has 3 nitrogen and oxygen atoms in total. The number of alkyl halides is 3. The van der Waals surface area contributed by atoms with Crippen LogP contribution in [0.1, 0.15) is 25.5 Å². The van der Waals surface area contributed by atoms with Gasteiger partial charge in [-0.15, -0.1) is 0 Å². The van der Waals surface area contributed by atoms with E-state index in [9.17, 15) is 13.2 Å². The molecule has 0 aromatic heterocycles. The highest BCUT2D eigenvalue weighted by molar-refractivity contribution is 8.00. The predicted molar refractivity (Wildman–Crippen MR) is 79.1 cm³/mol. The first-order chi connectivity index (χ1) is 9.76. The molecule has 1 aliphatic rings. The Kier molecular flexibility index (Phi) is 4.70. The molecule has 1 aromatic rings. The van der Waals surface area contributed by atoms with Gasteiger partial charge in [-0.25, -0.2) is 0 Å². The summed E-state index contributed by atoms with van der Waals surface area (Å²) in [5.74, 6) is 0.932. The van der Waals surface area contributed by atoms with Crippen LogP contribution in [0.3, 0.4) is 0 Å². The molecule has 0 amide bonds. The highest BCUT2D eigenvalue weighted by atomic mass is 32.2. The summed E-state index contributed by atoms with van der Waals surface area (Å²) in [6.45, 7) is 5.50. The monoisotopic (exact) mass is 317 g/mol. The minimum absolute atomic E-state index is 0.0114.